The summed E-state index contributed by atoms with van der Waals surface area (Å²) in [5.74, 6) is 1.15. The van der Waals surface area contributed by atoms with E-state index in [1.165, 1.54) is 6.42 Å². The molecular weight excluding hydrogens is 356 g/mol. The van der Waals surface area contributed by atoms with Gasteiger partial charge in [-0.3, -0.25) is 4.79 Å². The molecule has 2 aromatic heterocycles. The van der Waals surface area contributed by atoms with Crippen molar-refractivity contribution in [2.45, 2.75) is 44.6 Å². The van der Waals surface area contributed by atoms with Crippen LogP contribution in [0.25, 0.3) is 10.9 Å². The summed E-state index contributed by atoms with van der Waals surface area (Å²) in [6.45, 7) is 1.45. The number of carbonyl (C=O) groups is 1. The molecule has 1 amide bonds. The molecule has 1 aliphatic rings. The summed E-state index contributed by atoms with van der Waals surface area (Å²) in [4.78, 5) is 17.4. The first-order valence-corrected chi connectivity index (χ1v) is 9.91. The van der Waals surface area contributed by atoms with E-state index in [4.69, 9.17) is 9.15 Å². The lowest BCUT2D eigenvalue weighted by Crippen LogP contribution is -2.37. The highest BCUT2D eigenvalue weighted by Gasteiger charge is 2.19. The number of nitrogens with one attached hydrogen (secondary N) is 1. The maximum atomic E-state index is 12.4. The van der Waals surface area contributed by atoms with Gasteiger partial charge in [0.25, 0.3) is 0 Å². The number of para-hydroxylation sites is 1. The van der Waals surface area contributed by atoms with Gasteiger partial charge in [0.1, 0.15) is 0 Å². The number of nitrogens with zero attached hydrogens (tertiary/aromatic N) is 3. The number of carbonyl (C=O) groups excluding carboxylic acids is 1. The quantitative estimate of drug-likeness (QED) is 0.679. The largest absolute Gasteiger partial charge is 0.425 e. The predicted octanol–water partition coefficient (Wildman–Crippen LogP) is 3.10. The van der Waals surface area contributed by atoms with Gasteiger partial charge in [0.15, 0.2) is 0 Å². The third-order valence-corrected chi connectivity index (χ3v) is 5.26. The van der Waals surface area contributed by atoms with E-state index in [-0.39, 0.29) is 12.0 Å². The number of aromatic amines is 1. The van der Waals surface area contributed by atoms with Crippen molar-refractivity contribution < 1.29 is 13.9 Å². The van der Waals surface area contributed by atoms with E-state index in [2.05, 4.69) is 21.2 Å². The van der Waals surface area contributed by atoms with Crippen molar-refractivity contribution in [1.29, 1.82) is 0 Å². The Bertz CT molecular complexity index is 927. The molecule has 3 heterocycles. The van der Waals surface area contributed by atoms with E-state index in [9.17, 15) is 4.79 Å². The minimum absolute atomic E-state index is 0.0746. The number of ether oxygens (including phenoxy) is 1. The van der Waals surface area contributed by atoms with E-state index in [0.29, 0.717) is 37.6 Å². The van der Waals surface area contributed by atoms with Gasteiger partial charge < -0.3 is 19.0 Å². The van der Waals surface area contributed by atoms with E-state index >= 15 is 0 Å². The van der Waals surface area contributed by atoms with Gasteiger partial charge in [-0.05, 0) is 30.9 Å². The number of fused-ring (bicyclic) bond motifs is 1. The van der Waals surface area contributed by atoms with Gasteiger partial charge in [-0.15, -0.1) is 10.2 Å². The number of hydrogen-bond donors (Lipinski definition) is 1. The Balaban J connectivity index is 1.29. The van der Waals surface area contributed by atoms with Crippen LogP contribution in [0.5, 0.6) is 0 Å². The molecule has 0 unspecified atom stereocenters. The van der Waals surface area contributed by atoms with Gasteiger partial charge in [-0.25, -0.2) is 0 Å². The highest BCUT2D eigenvalue weighted by Crippen LogP contribution is 2.20. The number of amides is 1. The molecule has 28 heavy (non-hydrogen) atoms. The summed E-state index contributed by atoms with van der Waals surface area (Å²) >= 11 is 0. The summed E-state index contributed by atoms with van der Waals surface area (Å²) in [5, 5.41) is 9.40. The Hall–Kier alpha value is -2.67. The molecule has 1 aliphatic heterocycles. The summed E-state index contributed by atoms with van der Waals surface area (Å²) in [6.07, 6.45) is 6.84. The van der Waals surface area contributed by atoms with Crippen molar-refractivity contribution in [3.8, 4) is 0 Å². The molecule has 1 atom stereocenters. The Labute approximate surface area is 164 Å². The maximum Gasteiger partial charge on any atom is 0.222 e. The molecule has 1 aromatic carbocycles. The van der Waals surface area contributed by atoms with Crippen LogP contribution >= 0.6 is 0 Å². The van der Waals surface area contributed by atoms with Gasteiger partial charge in [-0.2, -0.15) is 0 Å². The zero-order valence-corrected chi connectivity index (χ0v) is 16.2. The normalized spacial score (nSPS) is 17.1. The van der Waals surface area contributed by atoms with Crippen molar-refractivity contribution in [3.05, 3.63) is 47.8 Å². The van der Waals surface area contributed by atoms with Crippen LogP contribution in [0.4, 0.5) is 0 Å². The van der Waals surface area contributed by atoms with Crippen molar-refractivity contribution in [2.24, 2.45) is 0 Å². The average molecular weight is 382 g/mol. The molecule has 0 bridgehead atoms. The van der Waals surface area contributed by atoms with Gasteiger partial charge >= 0.3 is 0 Å². The highest BCUT2D eigenvalue weighted by atomic mass is 16.5. The number of benzene rings is 1. The average Bonchev–Trinajstić information content (AvgIpc) is 3.34. The van der Waals surface area contributed by atoms with Crippen LogP contribution in [0.1, 0.15) is 43.0 Å². The van der Waals surface area contributed by atoms with Crippen LogP contribution in [0.2, 0.25) is 0 Å². The van der Waals surface area contributed by atoms with Gasteiger partial charge in [0, 0.05) is 50.1 Å². The zero-order chi connectivity index (χ0) is 19.3. The lowest BCUT2D eigenvalue weighted by Gasteiger charge is -2.27. The molecule has 1 fully saturated rings. The van der Waals surface area contributed by atoms with E-state index < -0.39 is 0 Å². The SMILES string of the molecule is CN(C[C@H]1CCCCO1)C(=O)CCc1nnc(Cc2c[nH]c3ccccc23)o1. The standard InChI is InChI=1S/C21H26N4O3/c1-25(14-16-6-4-5-11-27-16)21(26)10-9-19-23-24-20(28-19)12-15-13-22-18-8-3-2-7-17(15)18/h2-3,7-8,13,16,22H,4-6,9-12,14H2,1H3/t16-/m1/s1. The molecule has 3 aromatic rings. The third kappa shape index (κ3) is 4.42. The van der Waals surface area contributed by atoms with Crippen LogP contribution in [0, 0.1) is 0 Å². The van der Waals surface area contributed by atoms with Crippen LogP contribution in [-0.2, 0) is 22.4 Å². The highest BCUT2D eigenvalue weighted by molar-refractivity contribution is 5.83. The van der Waals surface area contributed by atoms with Crippen molar-refractivity contribution >= 4 is 16.8 Å². The molecule has 4 rings (SSSR count). The number of aromatic nitrogens is 3. The van der Waals surface area contributed by atoms with E-state index in [1.807, 2.05) is 31.4 Å². The molecule has 0 saturated carbocycles. The lowest BCUT2D eigenvalue weighted by atomic mass is 10.1. The van der Waals surface area contributed by atoms with Gasteiger partial charge in [0.05, 0.1) is 12.5 Å². The summed E-state index contributed by atoms with van der Waals surface area (Å²) in [6, 6.07) is 8.13. The Morgan fingerprint density at radius 3 is 2.96 bits per heavy atom. The minimum atomic E-state index is 0.0746. The lowest BCUT2D eigenvalue weighted by molar-refractivity contribution is -0.132. The minimum Gasteiger partial charge on any atom is -0.425 e. The van der Waals surface area contributed by atoms with Crippen molar-refractivity contribution in [2.75, 3.05) is 20.2 Å². The van der Waals surface area contributed by atoms with Crippen LogP contribution in [0.3, 0.4) is 0 Å². The van der Waals surface area contributed by atoms with Crippen LogP contribution in [-0.4, -0.2) is 52.3 Å². The Kier molecular flexibility index (Phi) is 5.71. The van der Waals surface area contributed by atoms with Gasteiger partial charge in [0.2, 0.25) is 17.7 Å². The second-order valence-corrected chi connectivity index (χ2v) is 7.39. The summed E-state index contributed by atoms with van der Waals surface area (Å²) in [7, 11) is 1.83. The van der Waals surface area contributed by atoms with Crippen molar-refractivity contribution in [3.63, 3.8) is 0 Å². The Morgan fingerprint density at radius 1 is 1.25 bits per heavy atom. The van der Waals surface area contributed by atoms with Crippen LogP contribution < -0.4 is 0 Å². The first-order valence-electron chi connectivity index (χ1n) is 9.91. The molecule has 7 heteroatoms. The zero-order valence-electron chi connectivity index (χ0n) is 16.2. The van der Waals surface area contributed by atoms with Crippen molar-refractivity contribution in [1.82, 2.24) is 20.1 Å². The number of aryl methyl sites for hydroxylation is 1. The van der Waals surface area contributed by atoms with E-state index in [0.717, 1.165) is 35.9 Å². The fraction of sp³-hybridized carbons (Fsp3) is 0.476. The molecule has 0 radical (unpaired) electrons. The second-order valence-electron chi connectivity index (χ2n) is 7.39. The van der Waals surface area contributed by atoms with E-state index in [1.54, 1.807) is 4.90 Å². The second kappa shape index (κ2) is 8.56. The monoisotopic (exact) mass is 382 g/mol. The predicted molar refractivity (Wildman–Crippen MR) is 105 cm³/mol. The molecule has 1 N–H and O–H groups in total. The van der Waals surface area contributed by atoms with Gasteiger partial charge in [-0.1, -0.05) is 18.2 Å². The first-order chi connectivity index (χ1) is 13.7. The number of likely N-dealkylation sites (N-methyl/N-ethyl adjacent to an activating group) is 1. The summed E-state index contributed by atoms with van der Waals surface area (Å²) < 4.78 is 11.5. The Morgan fingerprint density at radius 2 is 2.11 bits per heavy atom. The molecule has 7 nitrogen and oxygen atoms in total. The molecule has 148 valence electrons. The number of H-pyrrole nitrogens is 1. The first kappa shape index (κ1) is 18.7. The molecule has 0 spiro atoms. The maximum absolute atomic E-state index is 12.4. The molecule has 0 aliphatic carbocycles. The van der Waals surface area contributed by atoms with Crippen LogP contribution in [0.15, 0.2) is 34.9 Å². The number of hydrogen-bond acceptors (Lipinski definition) is 5. The summed E-state index contributed by atoms with van der Waals surface area (Å²) in [5.41, 5.74) is 2.21. The number of rotatable bonds is 7. The fourth-order valence-corrected chi connectivity index (χ4v) is 3.67. The third-order valence-electron chi connectivity index (χ3n) is 5.26. The fourth-order valence-electron chi connectivity index (χ4n) is 3.67. The topological polar surface area (TPSA) is 84.2 Å². The molecular formula is C21H26N4O3. The molecule has 1 saturated heterocycles. The smallest absolute Gasteiger partial charge is 0.222 e.